The summed E-state index contributed by atoms with van der Waals surface area (Å²) in [5.41, 5.74) is 6.86. The van der Waals surface area contributed by atoms with Crippen molar-refractivity contribution in [2.75, 3.05) is 18.0 Å². The Kier molecular flexibility index (Phi) is 4.57. The third-order valence-corrected chi connectivity index (χ3v) is 5.64. The van der Waals surface area contributed by atoms with Crippen LogP contribution < -0.4 is 4.90 Å². The molecule has 0 bridgehead atoms. The van der Waals surface area contributed by atoms with Crippen molar-refractivity contribution < 1.29 is 5.11 Å². The number of fused-ring (bicyclic) bond motifs is 2. The number of para-hydroxylation sites is 1. The second-order valence-corrected chi connectivity index (χ2v) is 7.26. The molecule has 1 atom stereocenters. The highest BCUT2D eigenvalue weighted by atomic mass is 16.3. The molecule has 0 radical (unpaired) electrons. The van der Waals surface area contributed by atoms with E-state index >= 15 is 0 Å². The Morgan fingerprint density at radius 1 is 0.875 bits per heavy atom. The molecule has 0 aromatic heterocycles. The van der Waals surface area contributed by atoms with Crippen molar-refractivity contribution in [2.45, 2.75) is 51.0 Å². The average Bonchev–Trinajstić information content (AvgIpc) is 2.65. The fourth-order valence-corrected chi connectivity index (χ4v) is 4.25. The predicted molar refractivity (Wildman–Crippen MR) is 99.6 cm³/mol. The Bertz CT molecular complexity index is 709. The summed E-state index contributed by atoms with van der Waals surface area (Å²) in [6.07, 6.45) is 7.82. The molecule has 24 heavy (non-hydrogen) atoms. The number of hydrogen-bond acceptors (Lipinski definition) is 2. The van der Waals surface area contributed by atoms with Crippen LogP contribution in [0.15, 0.2) is 42.5 Å². The van der Waals surface area contributed by atoms with E-state index in [1.54, 1.807) is 0 Å². The van der Waals surface area contributed by atoms with Crippen molar-refractivity contribution in [3.8, 4) is 0 Å². The lowest BCUT2D eigenvalue weighted by Crippen LogP contribution is -2.31. The molecule has 2 heteroatoms. The van der Waals surface area contributed by atoms with Gasteiger partial charge in [0.15, 0.2) is 0 Å². The molecule has 0 saturated carbocycles. The van der Waals surface area contributed by atoms with Crippen LogP contribution >= 0.6 is 0 Å². The summed E-state index contributed by atoms with van der Waals surface area (Å²) in [6.45, 7) is 2.03. The molecule has 2 nitrogen and oxygen atoms in total. The molecule has 1 aliphatic carbocycles. The molecule has 1 aliphatic heterocycles. The van der Waals surface area contributed by atoms with E-state index in [2.05, 4.69) is 47.4 Å². The molecule has 1 heterocycles. The number of anilines is 1. The summed E-state index contributed by atoms with van der Waals surface area (Å²) in [5, 5.41) is 10.7. The molecule has 0 fully saturated rings. The molecule has 4 rings (SSSR count). The maximum Gasteiger partial charge on any atom is 0.0807 e. The van der Waals surface area contributed by atoms with Gasteiger partial charge in [0, 0.05) is 18.8 Å². The number of aliphatic hydroxyl groups is 1. The van der Waals surface area contributed by atoms with Gasteiger partial charge in [-0.05, 0) is 73.3 Å². The van der Waals surface area contributed by atoms with Crippen LogP contribution in [0.2, 0.25) is 0 Å². The van der Waals surface area contributed by atoms with Gasteiger partial charge in [0.25, 0.3) is 0 Å². The van der Waals surface area contributed by atoms with Gasteiger partial charge in [0.2, 0.25) is 0 Å². The highest BCUT2D eigenvalue weighted by molar-refractivity contribution is 5.55. The zero-order valence-electron chi connectivity index (χ0n) is 14.4. The van der Waals surface area contributed by atoms with Crippen molar-refractivity contribution in [3.63, 3.8) is 0 Å². The summed E-state index contributed by atoms with van der Waals surface area (Å²) in [4.78, 5) is 2.44. The van der Waals surface area contributed by atoms with Crippen molar-refractivity contribution >= 4 is 5.69 Å². The van der Waals surface area contributed by atoms with Gasteiger partial charge in [-0.2, -0.15) is 0 Å². The molecule has 0 amide bonds. The van der Waals surface area contributed by atoms with Crippen LogP contribution in [0.4, 0.5) is 5.69 Å². The van der Waals surface area contributed by atoms with E-state index in [9.17, 15) is 5.11 Å². The highest BCUT2D eigenvalue weighted by Gasteiger charge is 2.18. The lowest BCUT2D eigenvalue weighted by molar-refractivity contribution is 0.169. The normalized spacial score (nSPS) is 18.0. The Labute approximate surface area is 145 Å². The molecular weight excluding hydrogens is 294 g/mol. The summed E-state index contributed by atoms with van der Waals surface area (Å²) >= 11 is 0. The van der Waals surface area contributed by atoms with Gasteiger partial charge in [-0.15, -0.1) is 0 Å². The first-order chi connectivity index (χ1) is 11.8. The molecule has 0 saturated heterocycles. The Hall–Kier alpha value is -1.80. The average molecular weight is 321 g/mol. The minimum atomic E-state index is -0.355. The quantitative estimate of drug-likeness (QED) is 0.900. The van der Waals surface area contributed by atoms with Crippen molar-refractivity contribution in [3.05, 3.63) is 64.7 Å². The summed E-state index contributed by atoms with van der Waals surface area (Å²) < 4.78 is 0. The fourth-order valence-electron chi connectivity index (χ4n) is 4.25. The number of benzene rings is 2. The van der Waals surface area contributed by atoms with Gasteiger partial charge in [-0.1, -0.05) is 36.4 Å². The SMILES string of the molecule is OC(CCN1CCCc2ccccc21)c1ccc2c(c1)CCCC2. The van der Waals surface area contributed by atoms with Crippen LogP contribution in [0, 0.1) is 0 Å². The number of rotatable bonds is 4. The van der Waals surface area contributed by atoms with Crippen LogP contribution in [0.3, 0.4) is 0 Å². The van der Waals surface area contributed by atoms with E-state index in [4.69, 9.17) is 0 Å². The first-order valence-electron chi connectivity index (χ1n) is 9.44. The summed E-state index contributed by atoms with van der Waals surface area (Å²) in [7, 11) is 0. The number of nitrogens with zero attached hydrogens (tertiary/aromatic N) is 1. The Balaban J connectivity index is 1.43. The van der Waals surface area contributed by atoms with E-state index in [0.717, 1.165) is 25.1 Å². The van der Waals surface area contributed by atoms with Crippen LogP contribution in [-0.4, -0.2) is 18.2 Å². The van der Waals surface area contributed by atoms with Crippen molar-refractivity contribution in [1.82, 2.24) is 0 Å². The maximum absolute atomic E-state index is 10.7. The third kappa shape index (κ3) is 3.21. The zero-order valence-corrected chi connectivity index (χ0v) is 14.4. The molecule has 126 valence electrons. The largest absolute Gasteiger partial charge is 0.388 e. The van der Waals surface area contributed by atoms with E-state index < -0.39 is 0 Å². The van der Waals surface area contributed by atoms with Gasteiger partial charge < -0.3 is 10.0 Å². The second-order valence-electron chi connectivity index (χ2n) is 7.26. The van der Waals surface area contributed by atoms with Crippen molar-refractivity contribution in [1.29, 1.82) is 0 Å². The number of aryl methyl sites for hydroxylation is 3. The van der Waals surface area contributed by atoms with Crippen LogP contribution in [0.25, 0.3) is 0 Å². The summed E-state index contributed by atoms with van der Waals surface area (Å²) in [6, 6.07) is 15.3. The lowest BCUT2D eigenvalue weighted by atomic mass is 9.89. The fraction of sp³-hybridized carbons (Fsp3) is 0.455. The minimum absolute atomic E-state index is 0.355. The molecule has 2 aromatic carbocycles. The van der Waals surface area contributed by atoms with E-state index in [0.29, 0.717) is 0 Å². The maximum atomic E-state index is 10.7. The second kappa shape index (κ2) is 6.98. The Morgan fingerprint density at radius 3 is 2.58 bits per heavy atom. The Morgan fingerprint density at radius 2 is 1.67 bits per heavy atom. The first kappa shape index (κ1) is 15.7. The van der Waals surface area contributed by atoms with Gasteiger partial charge >= 0.3 is 0 Å². The highest BCUT2D eigenvalue weighted by Crippen LogP contribution is 2.29. The van der Waals surface area contributed by atoms with Crippen LogP contribution in [0.1, 0.15) is 54.0 Å². The van der Waals surface area contributed by atoms with Gasteiger partial charge in [0.05, 0.1) is 6.10 Å². The van der Waals surface area contributed by atoms with Gasteiger partial charge in [-0.3, -0.25) is 0 Å². The monoisotopic (exact) mass is 321 g/mol. The summed E-state index contributed by atoms with van der Waals surface area (Å²) in [5.74, 6) is 0. The smallest absolute Gasteiger partial charge is 0.0807 e. The molecule has 2 aromatic rings. The standard InChI is InChI=1S/C22H27NO/c24-22(20-12-11-17-6-1-2-8-19(17)16-20)13-15-23-14-5-9-18-7-3-4-10-21(18)23/h3-4,7,10-12,16,22,24H,1-2,5-6,8-9,13-15H2. The van der Waals surface area contributed by atoms with Crippen LogP contribution in [0.5, 0.6) is 0 Å². The molecule has 0 spiro atoms. The van der Waals surface area contributed by atoms with Crippen LogP contribution in [-0.2, 0) is 19.3 Å². The third-order valence-electron chi connectivity index (χ3n) is 5.64. The zero-order chi connectivity index (χ0) is 16.4. The number of hydrogen-bond donors (Lipinski definition) is 1. The molecule has 1 unspecified atom stereocenters. The lowest BCUT2D eigenvalue weighted by Gasteiger charge is -2.32. The molecule has 1 N–H and O–H groups in total. The number of aliphatic hydroxyl groups excluding tert-OH is 1. The topological polar surface area (TPSA) is 23.5 Å². The minimum Gasteiger partial charge on any atom is -0.388 e. The van der Waals surface area contributed by atoms with E-state index in [-0.39, 0.29) is 6.10 Å². The predicted octanol–water partition coefficient (Wildman–Crippen LogP) is 4.44. The van der Waals surface area contributed by atoms with E-state index in [1.807, 2.05) is 0 Å². The van der Waals surface area contributed by atoms with Gasteiger partial charge in [0.1, 0.15) is 0 Å². The molecule has 2 aliphatic rings. The van der Waals surface area contributed by atoms with Gasteiger partial charge in [-0.25, -0.2) is 0 Å². The molecular formula is C22H27NO. The van der Waals surface area contributed by atoms with Crippen molar-refractivity contribution in [2.24, 2.45) is 0 Å². The first-order valence-corrected chi connectivity index (χ1v) is 9.44. The van der Waals surface area contributed by atoms with E-state index in [1.165, 1.54) is 60.9 Å².